The van der Waals surface area contributed by atoms with E-state index in [2.05, 4.69) is 0 Å². The van der Waals surface area contributed by atoms with E-state index in [9.17, 15) is 19.8 Å². The summed E-state index contributed by atoms with van der Waals surface area (Å²) in [6.07, 6.45) is 6.02. The molecule has 0 aromatic heterocycles. The maximum Gasteiger partial charge on any atom is 0.308 e. The number of fused-ring (bicyclic) bond motifs is 1. The number of carbonyl (C=O) groups is 2. The van der Waals surface area contributed by atoms with Gasteiger partial charge in [0.15, 0.2) is 0 Å². The Morgan fingerprint density at radius 2 is 1.25 bits per heavy atom. The van der Waals surface area contributed by atoms with Gasteiger partial charge >= 0.3 is 11.9 Å². The van der Waals surface area contributed by atoms with Crippen molar-refractivity contribution in [2.24, 2.45) is 35.5 Å². The molecular weight excluding hydrogens is 208 g/mol. The second-order valence-electron chi connectivity index (χ2n) is 5.17. The van der Waals surface area contributed by atoms with Crippen LogP contribution in [-0.4, -0.2) is 22.2 Å². The summed E-state index contributed by atoms with van der Waals surface area (Å²) in [5.41, 5.74) is 0. The predicted octanol–water partition coefficient (Wildman–Crippen LogP) is 1.23. The van der Waals surface area contributed by atoms with Crippen LogP contribution in [0.15, 0.2) is 12.2 Å². The Morgan fingerprint density at radius 3 is 1.50 bits per heavy atom. The molecule has 2 fully saturated rings. The molecule has 0 aliphatic heterocycles. The van der Waals surface area contributed by atoms with Crippen LogP contribution in [0.1, 0.15) is 12.8 Å². The summed E-state index contributed by atoms with van der Waals surface area (Å²) < 4.78 is 0. The first-order chi connectivity index (χ1) is 7.61. The van der Waals surface area contributed by atoms with Gasteiger partial charge in [-0.25, -0.2) is 0 Å². The first kappa shape index (κ1) is 9.87. The molecule has 2 bridgehead atoms. The summed E-state index contributed by atoms with van der Waals surface area (Å²) in [5, 5.41) is 18.4. The van der Waals surface area contributed by atoms with Crippen molar-refractivity contribution in [3.8, 4) is 0 Å². The largest absolute Gasteiger partial charge is 0.481 e. The minimum atomic E-state index is -0.947. The lowest BCUT2D eigenvalue weighted by Gasteiger charge is -2.56. The third-order valence-electron chi connectivity index (χ3n) is 4.71. The molecular formula is C12H14O4. The van der Waals surface area contributed by atoms with Gasteiger partial charge in [0.05, 0.1) is 11.8 Å². The van der Waals surface area contributed by atoms with E-state index in [1.807, 2.05) is 12.2 Å². The number of rotatable bonds is 2. The molecule has 2 saturated carbocycles. The topological polar surface area (TPSA) is 74.6 Å². The third-order valence-corrected chi connectivity index (χ3v) is 4.71. The van der Waals surface area contributed by atoms with Gasteiger partial charge in [0, 0.05) is 0 Å². The van der Waals surface area contributed by atoms with E-state index in [1.54, 1.807) is 0 Å². The molecule has 86 valence electrons. The van der Waals surface area contributed by atoms with Gasteiger partial charge in [0.1, 0.15) is 0 Å². The lowest BCUT2D eigenvalue weighted by atomic mass is 9.46. The van der Waals surface area contributed by atoms with Gasteiger partial charge in [-0.2, -0.15) is 0 Å². The maximum absolute atomic E-state index is 11.2. The summed E-state index contributed by atoms with van der Waals surface area (Å²) in [6.45, 7) is 0. The number of hydrogen-bond acceptors (Lipinski definition) is 2. The van der Waals surface area contributed by atoms with Crippen molar-refractivity contribution in [2.45, 2.75) is 12.8 Å². The molecule has 6 atom stereocenters. The van der Waals surface area contributed by atoms with Crippen LogP contribution >= 0.6 is 0 Å². The van der Waals surface area contributed by atoms with Gasteiger partial charge in [0.25, 0.3) is 0 Å². The quantitative estimate of drug-likeness (QED) is 0.689. The standard InChI is InChI=1S/C12H14O4/c13-11(14)9-7-3-4-8(10(9)12(15)16)6-2-1-5(6)7/h3-10H,1-2H2,(H,13,14)(H,15,16)/t5-,6+,7-,8-,9-,10+/m0/s1. The molecule has 0 saturated heterocycles. The van der Waals surface area contributed by atoms with E-state index >= 15 is 0 Å². The van der Waals surface area contributed by atoms with Crippen LogP contribution in [0.25, 0.3) is 0 Å². The van der Waals surface area contributed by atoms with E-state index in [0.29, 0.717) is 11.8 Å². The molecule has 0 aromatic carbocycles. The van der Waals surface area contributed by atoms with Crippen molar-refractivity contribution >= 4 is 11.9 Å². The first-order valence-electron chi connectivity index (χ1n) is 5.75. The molecule has 0 spiro atoms. The zero-order chi connectivity index (χ0) is 11.4. The number of aliphatic carboxylic acids is 2. The molecule has 2 N–H and O–H groups in total. The molecule has 4 aliphatic carbocycles. The van der Waals surface area contributed by atoms with Gasteiger partial charge in [0.2, 0.25) is 0 Å². The summed E-state index contributed by atoms with van der Waals surface area (Å²) in [7, 11) is 0. The second-order valence-corrected chi connectivity index (χ2v) is 5.17. The van der Waals surface area contributed by atoms with E-state index < -0.39 is 23.8 Å². The van der Waals surface area contributed by atoms with E-state index in [0.717, 1.165) is 12.8 Å². The predicted molar refractivity (Wildman–Crippen MR) is 54.6 cm³/mol. The molecule has 4 heteroatoms. The zero-order valence-corrected chi connectivity index (χ0v) is 8.74. The van der Waals surface area contributed by atoms with Crippen LogP contribution in [0, 0.1) is 35.5 Å². The SMILES string of the molecule is O=C(O)[C@@H]1[C@H]2C=C[C@@H]([C@H]3CC[C@@H]23)[C@@H]1C(=O)O. The molecule has 4 rings (SSSR count). The summed E-state index contributed by atoms with van der Waals surface area (Å²) in [5.74, 6) is -2.58. The number of carboxylic acids is 2. The van der Waals surface area contributed by atoms with Gasteiger partial charge < -0.3 is 10.2 Å². The molecule has 4 nitrogen and oxygen atoms in total. The van der Waals surface area contributed by atoms with Crippen molar-refractivity contribution in [2.75, 3.05) is 0 Å². The lowest BCUT2D eigenvalue weighted by molar-refractivity contribution is -0.170. The van der Waals surface area contributed by atoms with Crippen molar-refractivity contribution in [1.29, 1.82) is 0 Å². The molecule has 0 amide bonds. The average Bonchev–Trinajstić information content (AvgIpc) is 2.15. The Labute approximate surface area is 93.0 Å². The highest BCUT2D eigenvalue weighted by Gasteiger charge is 2.59. The van der Waals surface area contributed by atoms with Crippen molar-refractivity contribution < 1.29 is 19.8 Å². The van der Waals surface area contributed by atoms with Crippen LogP contribution in [0.3, 0.4) is 0 Å². The monoisotopic (exact) mass is 222 g/mol. The lowest BCUT2D eigenvalue weighted by Crippen LogP contribution is -2.56. The van der Waals surface area contributed by atoms with Gasteiger partial charge in [-0.1, -0.05) is 12.2 Å². The van der Waals surface area contributed by atoms with Crippen LogP contribution in [0.5, 0.6) is 0 Å². The highest BCUT2D eigenvalue weighted by atomic mass is 16.4. The van der Waals surface area contributed by atoms with Crippen molar-refractivity contribution in [3.63, 3.8) is 0 Å². The number of hydrogen-bond donors (Lipinski definition) is 2. The molecule has 16 heavy (non-hydrogen) atoms. The second kappa shape index (κ2) is 3.09. The minimum absolute atomic E-state index is 0.0534. The fourth-order valence-corrected chi connectivity index (χ4v) is 3.94. The zero-order valence-electron chi connectivity index (χ0n) is 8.74. The smallest absolute Gasteiger partial charge is 0.308 e. The van der Waals surface area contributed by atoms with Gasteiger partial charge in [-0.15, -0.1) is 0 Å². The Balaban J connectivity index is 2.02. The Morgan fingerprint density at radius 1 is 0.875 bits per heavy atom. The van der Waals surface area contributed by atoms with E-state index in [-0.39, 0.29) is 11.8 Å². The third kappa shape index (κ3) is 1.05. The number of allylic oxidation sites excluding steroid dienone is 2. The van der Waals surface area contributed by atoms with E-state index in [1.165, 1.54) is 0 Å². The molecule has 4 aliphatic rings. The average molecular weight is 222 g/mol. The van der Waals surface area contributed by atoms with E-state index in [4.69, 9.17) is 0 Å². The van der Waals surface area contributed by atoms with Crippen LogP contribution in [0.4, 0.5) is 0 Å². The Hall–Kier alpha value is -1.32. The summed E-state index contributed by atoms with van der Waals surface area (Å²) in [4.78, 5) is 22.5. The van der Waals surface area contributed by atoms with Gasteiger partial charge in [-0.3, -0.25) is 9.59 Å². The fraction of sp³-hybridized carbons (Fsp3) is 0.667. The van der Waals surface area contributed by atoms with Crippen LogP contribution < -0.4 is 0 Å². The van der Waals surface area contributed by atoms with Crippen LogP contribution in [0.2, 0.25) is 0 Å². The van der Waals surface area contributed by atoms with Crippen LogP contribution in [-0.2, 0) is 9.59 Å². The Bertz CT molecular complexity index is 350. The summed E-state index contributed by atoms with van der Waals surface area (Å²) in [6, 6.07) is 0. The maximum atomic E-state index is 11.2. The number of carboxylic acid groups (broad SMARTS) is 2. The molecule has 0 heterocycles. The highest BCUT2D eigenvalue weighted by molar-refractivity contribution is 5.82. The minimum Gasteiger partial charge on any atom is -0.481 e. The molecule has 0 radical (unpaired) electrons. The van der Waals surface area contributed by atoms with Crippen molar-refractivity contribution in [1.82, 2.24) is 0 Å². The normalized spacial score (nSPS) is 48.2. The molecule has 0 unspecified atom stereocenters. The van der Waals surface area contributed by atoms with Gasteiger partial charge in [-0.05, 0) is 36.5 Å². The first-order valence-corrected chi connectivity index (χ1v) is 5.75. The molecule has 0 aromatic rings. The fourth-order valence-electron chi connectivity index (χ4n) is 3.94. The highest BCUT2D eigenvalue weighted by Crippen LogP contribution is 2.59. The summed E-state index contributed by atoms with van der Waals surface area (Å²) >= 11 is 0. The Kier molecular flexibility index (Phi) is 1.91. The van der Waals surface area contributed by atoms with Crippen molar-refractivity contribution in [3.05, 3.63) is 12.2 Å².